The lowest BCUT2D eigenvalue weighted by Crippen LogP contribution is -2.57. The molecule has 0 aromatic heterocycles. The minimum absolute atomic E-state index is 0.0818. The zero-order valence-electron chi connectivity index (χ0n) is 17.2. The zero-order chi connectivity index (χ0) is 21.3. The van der Waals surface area contributed by atoms with E-state index in [2.05, 4.69) is 0 Å². The van der Waals surface area contributed by atoms with E-state index in [1.54, 1.807) is 40.6 Å². The lowest BCUT2D eigenvalue weighted by atomic mass is 9.94. The molecule has 0 radical (unpaired) electrons. The zero-order valence-corrected chi connectivity index (χ0v) is 18.1. The van der Waals surface area contributed by atoms with Crippen molar-refractivity contribution in [2.75, 3.05) is 25.6 Å². The number of benzene rings is 1. The van der Waals surface area contributed by atoms with Gasteiger partial charge in [0.15, 0.2) is 23.2 Å². The first-order chi connectivity index (χ1) is 14.5. The number of para-hydroxylation sites is 2. The van der Waals surface area contributed by atoms with E-state index in [9.17, 15) is 14.4 Å². The lowest BCUT2D eigenvalue weighted by molar-refractivity contribution is -0.417. The van der Waals surface area contributed by atoms with Gasteiger partial charge in [-0.05, 0) is 36.5 Å². The molecule has 0 bridgehead atoms. The first-order valence-electron chi connectivity index (χ1n) is 10.3. The first-order valence-corrected chi connectivity index (χ1v) is 11.2. The van der Waals surface area contributed by atoms with Gasteiger partial charge in [0, 0.05) is 13.1 Å². The smallest absolute Gasteiger partial charge is 0.492 e. The van der Waals surface area contributed by atoms with Crippen LogP contribution < -0.4 is 9.64 Å². The van der Waals surface area contributed by atoms with E-state index >= 15 is 0 Å². The minimum Gasteiger partial charge on any atom is -0.492 e. The standard InChI is InChI=1S/C22H26N3O4S/c1-23(15-8-4-3-5-9-15)19(26)14-24-17-12-13-30-20(17)21(27)25(22(24)28)16-10-6-7-11-18(16)29-2/h6-7,10-13,15,20H,3-5,8-9,14H2,1-2H3/q+1. The molecule has 3 aliphatic rings. The fourth-order valence-corrected chi connectivity index (χ4v) is 5.26. The molecule has 2 heterocycles. The molecule has 7 nitrogen and oxygen atoms in total. The molecular formula is C22H26N3O4S+. The fourth-order valence-electron chi connectivity index (χ4n) is 4.32. The van der Waals surface area contributed by atoms with E-state index in [4.69, 9.17) is 4.74 Å². The van der Waals surface area contributed by atoms with Crippen molar-refractivity contribution in [2.24, 2.45) is 0 Å². The number of hydrogen-bond donors (Lipinski definition) is 0. The van der Waals surface area contributed by atoms with E-state index < -0.39 is 11.3 Å². The Hall–Kier alpha value is -2.61. The Bertz CT molecular complexity index is 936. The van der Waals surface area contributed by atoms with Crippen LogP contribution >= 0.6 is 11.8 Å². The van der Waals surface area contributed by atoms with Crippen molar-refractivity contribution in [3.05, 3.63) is 35.7 Å². The predicted molar refractivity (Wildman–Crippen MR) is 116 cm³/mol. The second-order valence-corrected chi connectivity index (χ2v) is 8.77. The Morgan fingerprint density at radius 1 is 1.23 bits per heavy atom. The van der Waals surface area contributed by atoms with Gasteiger partial charge in [0.05, 0.1) is 7.11 Å². The number of allylic oxidation sites excluding steroid dienone is 1. The van der Waals surface area contributed by atoms with Gasteiger partial charge in [0.2, 0.25) is 0 Å². The summed E-state index contributed by atoms with van der Waals surface area (Å²) in [4.78, 5) is 42.5. The number of fused-ring (bicyclic) bond motifs is 1. The molecule has 0 N–H and O–H groups in total. The van der Waals surface area contributed by atoms with Crippen molar-refractivity contribution in [3.8, 4) is 5.75 Å². The summed E-state index contributed by atoms with van der Waals surface area (Å²) in [7, 11) is 3.32. The fraction of sp³-hybridized carbons (Fsp3) is 0.455. The normalized spacial score (nSPS) is 21.8. The van der Waals surface area contributed by atoms with Gasteiger partial charge in [-0.2, -0.15) is 9.37 Å². The lowest BCUT2D eigenvalue weighted by Gasteiger charge is -2.31. The van der Waals surface area contributed by atoms with Gasteiger partial charge < -0.3 is 9.64 Å². The van der Waals surface area contributed by atoms with Crippen molar-refractivity contribution in [1.82, 2.24) is 4.90 Å². The second kappa shape index (κ2) is 8.63. The van der Waals surface area contributed by atoms with E-state index in [1.165, 1.54) is 29.9 Å². The summed E-state index contributed by atoms with van der Waals surface area (Å²) in [5.74, 6) is 0.00386. The van der Waals surface area contributed by atoms with Crippen LogP contribution in [0.1, 0.15) is 32.1 Å². The topological polar surface area (TPSA) is 69.9 Å². The maximum atomic E-state index is 13.4. The summed E-state index contributed by atoms with van der Waals surface area (Å²) in [5.41, 5.74) is 0.964. The molecule has 4 rings (SSSR count). The van der Waals surface area contributed by atoms with Crippen LogP contribution in [0.15, 0.2) is 35.7 Å². The average molecular weight is 429 g/mol. The number of likely N-dealkylation sites (N-methyl/N-ethyl adjacent to an activating group) is 1. The molecule has 4 amide bonds. The largest absolute Gasteiger partial charge is 0.506 e. The maximum Gasteiger partial charge on any atom is 0.506 e. The van der Waals surface area contributed by atoms with Gasteiger partial charge in [-0.25, -0.2) is 4.79 Å². The molecule has 1 aromatic carbocycles. The van der Waals surface area contributed by atoms with Crippen LogP contribution in [0, 0.1) is 0 Å². The molecule has 1 unspecified atom stereocenters. The number of carbonyl (C=O) groups is 3. The van der Waals surface area contributed by atoms with Crippen LogP contribution in [0.2, 0.25) is 0 Å². The molecule has 1 aliphatic carbocycles. The predicted octanol–water partition coefficient (Wildman–Crippen LogP) is 3.04. The molecule has 1 aromatic rings. The summed E-state index contributed by atoms with van der Waals surface area (Å²) < 4.78 is 6.81. The van der Waals surface area contributed by atoms with Crippen LogP contribution in [0.25, 0.3) is 0 Å². The van der Waals surface area contributed by atoms with Crippen molar-refractivity contribution < 1.29 is 23.7 Å². The van der Waals surface area contributed by atoms with E-state index in [1.807, 2.05) is 7.05 Å². The SMILES string of the molecule is COc1ccccc1N1C(=O)C2SC=CC2=[N+](CC(=O)N(C)C2CCCCC2)C1=O. The van der Waals surface area contributed by atoms with Gasteiger partial charge in [0.1, 0.15) is 5.71 Å². The van der Waals surface area contributed by atoms with Gasteiger partial charge in [-0.3, -0.25) is 4.79 Å². The van der Waals surface area contributed by atoms with Gasteiger partial charge in [-0.1, -0.05) is 31.4 Å². The third kappa shape index (κ3) is 3.64. The third-order valence-electron chi connectivity index (χ3n) is 6.04. The van der Waals surface area contributed by atoms with Crippen molar-refractivity contribution in [3.63, 3.8) is 0 Å². The van der Waals surface area contributed by atoms with Crippen molar-refractivity contribution in [1.29, 1.82) is 0 Å². The van der Waals surface area contributed by atoms with Crippen LogP contribution in [-0.4, -0.2) is 65.0 Å². The van der Waals surface area contributed by atoms with Crippen LogP contribution in [-0.2, 0) is 9.59 Å². The van der Waals surface area contributed by atoms with Crippen LogP contribution in [0.5, 0.6) is 5.75 Å². The molecule has 158 valence electrons. The molecule has 1 atom stereocenters. The maximum absolute atomic E-state index is 13.4. The highest BCUT2D eigenvalue weighted by Gasteiger charge is 2.51. The quantitative estimate of drug-likeness (QED) is 0.675. The van der Waals surface area contributed by atoms with Crippen molar-refractivity contribution in [2.45, 2.75) is 43.4 Å². The summed E-state index contributed by atoms with van der Waals surface area (Å²) >= 11 is 1.35. The Kier molecular flexibility index (Phi) is 5.94. The number of methoxy groups -OCH3 is 1. The second-order valence-electron chi connectivity index (χ2n) is 7.75. The van der Waals surface area contributed by atoms with E-state index in [-0.39, 0.29) is 24.4 Å². The number of amides is 4. The van der Waals surface area contributed by atoms with Crippen LogP contribution in [0.4, 0.5) is 10.5 Å². The van der Waals surface area contributed by atoms with E-state index in [0.717, 1.165) is 30.6 Å². The minimum atomic E-state index is -0.541. The first kappa shape index (κ1) is 20.7. The highest BCUT2D eigenvalue weighted by atomic mass is 32.2. The summed E-state index contributed by atoms with van der Waals surface area (Å²) in [6, 6.07) is 6.62. The number of urea groups is 1. The summed E-state index contributed by atoms with van der Waals surface area (Å²) in [6.07, 6.45) is 7.22. The molecule has 1 saturated carbocycles. The molecule has 0 saturated heterocycles. The number of ether oxygens (including phenoxy) is 1. The van der Waals surface area contributed by atoms with Gasteiger partial charge in [0.25, 0.3) is 5.91 Å². The summed E-state index contributed by atoms with van der Waals surface area (Å²) in [6.45, 7) is -0.0818. The number of rotatable bonds is 5. The number of nitrogens with zero attached hydrogens (tertiary/aromatic N) is 3. The Labute approximate surface area is 180 Å². The van der Waals surface area contributed by atoms with Crippen LogP contribution in [0.3, 0.4) is 0 Å². The average Bonchev–Trinajstić information content (AvgIpc) is 3.27. The van der Waals surface area contributed by atoms with E-state index in [0.29, 0.717) is 17.1 Å². The molecule has 1 fully saturated rings. The molecule has 8 heteroatoms. The number of thioether (sulfide) groups is 1. The monoisotopic (exact) mass is 428 g/mol. The molecule has 0 spiro atoms. The number of imide groups is 1. The molecule has 30 heavy (non-hydrogen) atoms. The Morgan fingerprint density at radius 3 is 2.70 bits per heavy atom. The number of hydrogen-bond acceptors (Lipinski definition) is 5. The van der Waals surface area contributed by atoms with Gasteiger partial charge in [-0.15, -0.1) is 16.7 Å². The summed E-state index contributed by atoms with van der Waals surface area (Å²) in [5, 5.41) is 1.26. The highest BCUT2D eigenvalue weighted by Crippen LogP contribution is 2.35. The Morgan fingerprint density at radius 2 is 1.97 bits per heavy atom. The number of carbonyl (C=O) groups excluding carboxylic acids is 3. The van der Waals surface area contributed by atoms with Crippen molar-refractivity contribution >= 4 is 41.0 Å². The Balaban J connectivity index is 1.65. The molecular weight excluding hydrogens is 402 g/mol. The third-order valence-corrected chi connectivity index (χ3v) is 7.04. The number of anilines is 1. The van der Waals surface area contributed by atoms with Gasteiger partial charge >= 0.3 is 11.9 Å². The highest BCUT2D eigenvalue weighted by molar-refractivity contribution is 8.04. The molecule has 2 aliphatic heterocycles.